The molecule has 0 N–H and O–H groups in total. The fourth-order valence-corrected chi connectivity index (χ4v) is 2.19. The predicted octanol–water partition coefficient (Wildman–Crippen LogP) is 2.21. The smallest absolute Gasteiger partial charge is 0.00792 e. The largest absolute Gasteiger partial charge is 0.175 e. The molecule has 0 aromatic heterocycles. The highest BCUT2D eigenvalue weighted by Gasteiger charge is 2.45. The second-order valence-corrected chi connectivity index (χ2v) is 3.77. The molecule has 0 aliphatic heterocycles. The fourth-order valence-electron chi connectivity index (χ4n) is 1.47. The van der Waals surface area contributed by atoms with Gasteiger partial charge in [-0.3, -0.25) is 0 Å². The maximum absolute atomic E-state index is 4.41. The molecule has 48 valence electrons. The Balaban J connectivity index is 2.33. The molecule has 1 fully saturated rings. The zero-order valence-electron chi connectivity index (χ0n) is 5.76. The Labute approximate surface area is 57.1 Å². The normalized spacial score (nSPS) is 45.4. The van der Waals surface area contributed by atoms with Crippen LogP contribution in [0, 0.1) is 17.8 Å². The minimum Gasteiger partial charge on any atom is -0.175 e. The van der Waals surface area contributed by atoms with Crippen LogP contribution in [0.2, 0.25) is 0 Å². The van der Waals surface area contributed by atoms with Gasteiger partial charge in [-0.2, -0.15) is 12.6 Å². The average molecular weight is 130 g/mol. The molecule has 1 heteroatoms. The van der Waals surface area contributed by atoms with E-state index in [1.54, 1.807) is 0 Å². The third-order valence-corrected chi connectivity index (χ3v) is 2.98. The molecule has 0 radical (unpaired) electrons. The summed E-state index contributed by atoms with van der Waals surface area (Å²) in [5.74, 6) is 2.61. The highest BCUT2D eigenvalue weighted by Crippen LogP contribution is 2.47. The van der Waals surface area contributed by atoms with Crippen LogP contribution in [0.5, 0.6) is 0 Å². The van der Waals surface area contributed by atoms with E-state index in [-0.39, 0.29) is 0 Å². The van der Waals surface area contributed by atoms with E-state index < -0.39 is 0 Å². The SMILES string of the molecule is CC(C)C1C(C)C1S. The van der Waals surface area contributed by atoms with Gasteiger partial charge in [-0.25, -0.2) is 0 Å². The maximum Gasteiger partial charge on any atom is 0.00792 e. The van der Waals surface area contributed by atoms with Crippen LogP contribution < -0.4 is 0 Å². The van der Waals surface area contributed by atoms with Crippen LogP contribution >= 0.6 is 12.6 Å². The lowest BCUT2D eigenvalue weighted by atomic mass is 10.1. The molecule has 0 bridgehead atoms. The summed E-state index contributed by atoms with van der Waals surface area (Å²) in [5.41, 5.74) is 0. The zero-order valence-corrected chi connectivity index (χ0v) is 6.65. The van der Waals surface area contributed by atoms with Crippen molar-refractivity contribution in [1.82, 2.24) is 0 Å². The number of rotatable bonds is 1. The summed E-state index contributed by atoms with van der Waals surface area (Å²) in [4.78, 5) is 0. The zero-order chi connectivity index (χ0) is 6.31. The predicted molar refractivity (Wildman–Crippen MR) is 40.3 cm³/mol. The summed E-state index contributed by atoms with van der Waals surface area (Å²) >= 11 is 4.41. The first-order valence-electron chi connectivity index (χ1n) is 3.32. The lowest BCUT2D eigenvalue weighted by molar-refractivity contribution is 0.532. The van der Waals surface area contributed by atoms with Gasteiger partial charge in [-0.1, -0.05) is 20.8 Å². The Kier molecular flexibility index (Phi) is 1.57. The Morgan fingerprint density at radius 1 is 1.38 bits per heavy atom. The monoisotopic (exact) mass is 130 g/mol. The molecule has 0 heterocycles. The van der Waals surface area contributed by atoms with Crippen molar-refractivity contribution in [3.8, 4) is 0 Å². The molecule has 0 aromatic rings. The van der Waals surface area contributed by atoms with E-state index in [4.69, 9.17) is 0 Å². The molecule has 0 spiro atoms. The summed E-state index contributed by atoms with van der Waals surface area (Å²) in [5, 5.41) is 0.704. The maximum atomic E-state index is 4.41. The Bertz CT molecular complexity index is 73.6. The van der Waals surface area contributed by atoms with Crippen LogP contribution in [-0.2, 0) is 0 Å². The summed E-state index contributed by atoms with van der Waals surface area (Å²) in [6.07, 6.45) is 0. The molecule has 1 aliphatic rings. The summed E-state index contributed by atoms with van der Waals surface area (Å²) in [6, 6.07) is 0. The van der Waals surface area contributed by atoms with E-state index in [9.17, 15) is 0 Å². The van der Waals surface area contributed by atoms with Crippen molar-refractivity contribution in [1.29, 1.82) is 0 Å². The van der Waals surface area contributed by atoms with Crippen LogP contribution in [-0.4, -0.2) is 5.25 Å². The van der Waals surface area contributed by atoms with E-state index in [1.807, 2.05) is 0 Å². The lowest BCUT2D eigenvalue weighted by Gasteiger charge is -1.97. The van der Waals surface area contributed by atoms with Gasteiger partial charge in [0.25, 0.3) is 0 Å². The first-order valence-corrected chi connectivity index (χ1v) is 3.84. The molecule has 8 heavy (non-hydrogen) atoms. The second kappa shape index (κ2) is 1.94. The standard InChI is InChI=1S/C7H14S/c1-4(2)6-5(3)7(6)8/h4-8H,1-3H3. The van der Waals surface area contributed by atoms with E-state index in [0.29, 0.717) is 5.25 Å². The molecule has 0 nitrogen and oxygen atoms in total. The quantitative estimate of drug-likeness (QED) is 0.517. The summed E-state index contributed by atoms with van der Waals surface area (Å²) in [7, 11) is 0. The Morgan fingerprint density at radius 3 is 1.75 bits per heavy atom. The average Bonchev–Trinajstić information content (AvgIpc) is 2.15. The first-order chi connectivity index (χ1) is 3.64. The lowest BCUT2D eigenvalue weighted by Crippen LogP contribution is -1.91. The topological polar surface area (TPSA) is 0 Å². The van der Waals surface area contributed by atoms with Gasteiger partial charge in [0.1, 0.15) is 0 Å². The van der Waals surface area contributed by atoms with Gasteiger partial charge < -0.3 is 0 Å². The highest BCUT2D eigenvalue weighted by atomic mass is 32.1. The molecule has 0 amide bonds. The van der Waals surface area contributed by atoms with Crippen LogP contribution in [0.3, 0.4) is 0 Å². The van der Waals surface area contributed by atoms with Gasteiger partial charge in [0.2, 0.25) is 0 Å². The molecule has 1 aliphatic carbocycles. The molecule has 3 unspecified atom stereocenters. The van der Waals surface area contributed by atoms with Crippen molar-refractivity contribution in [2.24, 2.45) is 17.8 Å². The van der Waals surface area contributed by atoms with E-state index in [2.05, 4.69) is 33.4 Å². The van der Waals surface area contributed by atoms with Gasteiger partial charge >= 0.3 is 0 Å². The van der Waals surface area contributed by atoms with Crippen molar-refractivity contribution in [2.45, 2.75) is 26.0 Å². The van der Waals surface area contributed by atoms with Gasteiger partial charge in [0.05, 0.1) is 0 Å². The summed E-state index contributed by atoms with van der Waals surface area (Å²) in [6.45, 7) is 6.83. The number of thiol groups is 1. The van der Waals surface area contributed by atoms with Gasteiger partial charge in [-0.05, 0) is 17.8 Å². The third-order valence-electron chi connectivity index (χ3n) is 2.17. The van der Waals surface area contributed by atoms with Crippen LogP contribution in [0.15, 0.2) is 0 Å². The summed E-state index contributed by atoms with van der Waals surface area (Å²) < 4.78 is 0. The van der Waals surface area contributed by atoms with E-state index in [1.165, 1.54) is 0 Å². The first kappa shape index (κ1) is 6.47. The minimum absolute atomic E-state index is 0.704. The number of hydrogen-bond acceptors (Lipinski definition) is 1. The molecule has 0 aromatic carbocycles. The van der Waals surface area contributed by atoms with Crippen molar-refractivity contribution in [3.05, 3.63) is 0 Å². The molecule has 0 saturated heterocycles. The van der Waals surface area contributed by atoms with Crippen molar-refractivity contribution in [2.75, 3.05) is 0 Å². The van der Waals surface area contributed by atoms with E-state index >= 15 is 0 Å². The third kappa shape index (κ3) is 0.883. The van der Waals surface area contributed by atoms with Crippen molar-refractivity contribution >= 4 is 12.6 Å². The van der Waals surface area contributed by atoms with Gasteiger partial charge in [-0.15, -0.1) is 0 Å². The Hall–Kier alpha value is 0.350. The van der Waals surface area contributed by atoms with Crippen LogP contribution in [0.4, 0.5) is 0 Å². The molecular weight excluding hydrogens is 116 g/mol. The second-order valence-electron chi connectivity index (χ2n) is 3.17. The van der Waals surface area contributed by atoms with Crippen molar-refractivity contribution < 1.29 is 0 Å². The molecule has 1 saturated carbocycles. The number of hydrogen-bond donors (Lipinski definition) is 1. The van der Waals surface area contributed by atoms with Crippen LogP contribution in [0.25, 0.3) is 0 Å². The van der Waals surface area contributed by atoms with E-state index in [0.717, 1.165) is 17.8 Å². The Morgan fingerprint density at radius 2 is 1.75 bits per heavy atom. The molecular formula is C7H14S. The minimum atomic E-state index is 0.704. The van der Waals surface area contributed by atoms with Crippen molar-refractivity contribution in [3.63, 3.8) is 0 Å². The highest BCUT2D eigenvalue weighted by molar-refractivity contribution is 7.81. The van der Waals surface area contributed by atoms with Crippen LogP contribution in [0.1, 0.15) is 20.8 Å². The van der Waals surface area contributed by atoms with Gasteiger partial charge in [0.15, 0.2) is 0 Å². The fraction of sp³-hybridized carbons (Fsp3) is 1.00. The molecule has 1 rings (SSSR count). The molecule has 3 atom stereocenters. The van der Waals surface area contributed by atoms with Gasteiger partial charge in [0, 0.05) is 5.25 Å².